The highest BCUT2D eigenvalue weighted by molar-refractivity contribution is 5.22. The monoisotopic (exact) mass is 243 g/mol. The van der Waals surface area contributed by atoms with Crippen molar-refractivity contribution in [2.75, 3.05) is 13.1 Å². The Morgan fingerprint density at radius 2 is 2.44 bits per heavy atom. The van der Waals surface area contributed by atoms with Gasteiger partial charge in [-0.2, -0.15) is 10.4 Å². The third-order valence-electron chi connectivity index (χ3n) is 3.24. The molecule has 0 aromatic carbocycles. The topological polar surface area (TPSA) is 70.9 Å². The van der Waals surface area contributed by atoms with E-state index in [4.69, 9.17) is 9.78 Å². The number of rotatable bonds is 3. The molecule has 1 saturated heterocycles. The van der Waals surface area contributed by atoms with Crippen molar-refractivity contribution in [3.63, 3.8) is 0 Å². The minimum absolute atomic E-state index is 0.354. The van der Waals surface area contributed by atoms with E-state index in [-0.39, 0.29) is 0 Å². The molecule has 0 amide bonds. The molecule has 0 N–H and O–H groups in total. The van der Waals surface area contributed by atoms with Gasteiger partial charge in [-0.25, -0.2) is 0 Å². The smallest absolute Gasteiger partial charge is 0.128 e. The van der Waals surface area contributed by atoms with Crippen LogP contribution in [0.3, 0.4) is 0 Å². The Bertz CT molecular complexity index is 553. The number of nitriles is 1. The Hall–Kier alpha value is -2.13. The predicted molar refractivity (Wildman–Crippen MR) is 62.4 cm³/mol. The van der Waals surface area contributed by atoms with E-state index in [2.05, 4.69) is 21.2 Å². The average Bonchev–Trinajstić information content (AvgIpc) is 3.09. The zero-order valence-corrected chi connectivity index (χ0v) is 9.86. The molecular weight excluding hydrogens is 230 g/mol. The lowest BCUT2D eigenvalue weighted by molar-refractivity contribution is 0.310. The molecule has 3 rings (SSSR count). The molecule has 0 aliphatic carbocycles. The van der Waals surface area contributed by atoms with Crippen molar-refractivity contribution in [2.24, 2.45) is 0 Å². The van der Waals surface area contributed by atoms with Gasteiger partial charge in [0.25, 0.3) is 0 Å². The summed E-state index contributed by atoms with van der Waals surface area (Å²) in [6.45, 7) is 2.82. The molecule has 18 heavy (non-hydrogen) atoms. The largest absolute Gasteiger partial charge is 0.364 e. The zero-order chi connectivity index (χ0) is 12.4. The van der Waals surface area contributed by atoms with E-state index in [1.807, 2.05) is 10.9 Å². The van der Waals surface area contributed by atoms with E-state index in [1.165, 1.54) is 0 Å². The summed E-state index contributed by atoms with van der Waals surface area (Å²) in [5.41, 5.74) is 1.71. The number of nitrogens with zero attached hydrogens (tertiary/aromatic N) is 5. The van der Waals surface area contributed by atoms with Crippen LogP contribution in [0.2, 0.25) is 0 Å². The fourth-order valence-electron chi connectivity index (χ4n) is 2.33. The minimum Gasteiger partial charge on any atom is -0.364 e. The zero-order valence-electron chi connectivity index (χ0n) is 9.86. The van der Waals surface area contributed by atoms with Gasteiger partial charge in [0.2, 0.25) is 0 Å². The van der Waals surface area contributed by atoms with Crippen molar-refractivity contribution in [3.05, 3.63) is 36.0 Å². The molecule has 0 bridgehead atoms. The highest BCUT2D eigenvalue weighted by Crippen LogP contribution is 2.22. The molecule has 2 aromatic heterocycles. The van der Waals surface area contributed by atoms with Crippen LogP contribution in [0, 0.1) is 11.3 Å². The first kappa shape index (κ1) is 11.0. The van der Waals surface area contributed by atoms with Crippen LogP contribution in [0.15, 0.2) is 29.4 Å². The predicted octanol–water partition coefficient (Wildman–Crippen LogP) is 1.19. The van der Waals surface area contributed by atoms with Crippen LogP contribution < -0.4 is 0 Å². The molecule has 1 atom stereocenters. The lowest BCUT2D eigenvalue weighted by atomic mass is 10.3. The summed E-state index contributed by atoms with van der Waals surface area (Å²) in [5.74, 6) is 0. The SMILES string of the molecule is N#Cc1cnn(C2CCN(Cc3cnoc3)C2)c1. The van der Waals surface area contributed by atoms with Gasteiger partial charge in [-0.15, -0.1) is 0 Å². The van der Waals surface area contributed by atoms with Crippen LogP contribution in [-0.4, -0.2) is 32.9 Å². The van der Waals surface area contributed by atoms with Crippen LogP contribution in [0.5, 0.6) is 0 Å². The van der Waals surface area contributed by atoms with Gasteiger partial charge in [0, 0.05) is 31.4 Å². The highest BCUT2D eigenvalue weighted by Gasteiger charge is 2.24. The van der Waals surface area contributed by atoms with Crippen LogP contribution in [-0.2, 0) is 6.54 Å². The summed E-state index contributed by atoms with van der Waals surface area (Å²) in [6, 6.07) is 2.45. The lowest BCUT2D eigenvalue weighted by Gasteiger charge is -2.14. The van der Waals surface area contributed by atoms with Crippen LogP contribution >= 0.6 is 0 Å². The molecule has 1 unspecified atom stereocenters. The molecule has 2 aromatic rings. The summed E-state index contributed by atoms with van der Waals surface area (Å²) >= 11 is 0. The summed E-state index contributed by atoms with van der Waals surface area (Å²) in [7, 11) is 0. The average molecular weight is 243 g/mol. The van der Waals surface area contributed by atoms with Gasteiger partial charge in [-0.3, -0.25) is 9.58 Å². The van der Waals surface area contributed by atoms with Gasteiger partial charge in [-0.05, 0) is 6.42 Å². The van der Waals surface area contributed by atoms with E-state index in [0.29, 0.717) is 11.6 Å². The Kier molecular flexibility index (Phi) is 2.82. The number of hydrogen-bond donors (Lipinski definition) is 0. The lowest BCUT2D eigenvalue weighted by Crippen LogP contribution is -2.21. The molecule has 1 aliphatic heterocycles. The summed E-state index contributed by atoms with van der Waals surface area (Å²) in [5, 5.41) is 16.7. The first-order chi connectivity index (χ1) is 8.85. The maximum Gasteiger partial charge on any atom is 0.128 e. The maximum atomic E-state index is 8.79. The van der Waals surface area contributed by atoms with Gasteiger partial charge in [0.05, 0.1) is 24.0 Å². The molecule has 92 valence electrons. The standard InChI is InChI=1S/C12H13N5O/c13-3-10-4-14-17(7-10)12-1-2-16(8-12)6-11-5-15-18-9-11/h4-5,7,9,12H,1-2,6,8H2. The summed E-state index contributed by atoms with van der Waals surface area (Å²) in [4.78, 5) is 2.34. The van der Waals surface area contributed by atoms with Gasteiger partial charge < -0.3 is 4.52 Å². The van der Waals surface area contributed by atoms with Crippen molar-refractivity contribution in [2.45, 2.75) is 19.0 Å². The second-order valence-electron chi connectivity index (χ2n) is 4.53. The van der Waals surface area contributed by atoms with Crippen molar-refractivity contribution >= 4 is 0 Å². The quantitative estimate of drug-likeness (QED) is 0.809. The Balaban J connectivity index is 1.63. The van der Waals surface area contributed by atoms with Crippen LogP contribution in [0.1, 0.15) is 23.6 Å². The van der Waals surface area contributed by atoms with Crippen molar-refractivity contribution in [1.82, 2.24) is 19.8 Å². The van der Waals surface area contributed by atoms with Crippen molar-refractivity contribution in [1.29, 1.82) is 5.26 Å². The molecule has 0 spiro atoms. The molecule has 0 radical (unpaired) electrons. The Morgan fingerprint density at radius 3 is 3.17 bits per heavy atom. The van der Waals surface area contributed by atoms with E-state index >= 15 is 0 Å². The van der Waals surface area contributed by atoms with Gasteiger partial charge in [-0.1, -0.05) is 5.16 Å². The minimum atomic E-state index is 0.354. The van der Waals surface area contributed by atoms with E-state index < -0.39 is 0 Å². The number of aromatic nitrogens is 3. The molecule has 6 heteroatoms. The third-order valence-corrected chi connectivity index (χ3v) is 3.24. The second-order valence-corrected chi connectivity index (χ2v) is 4.53. The third kappa shape index (κ3) is 2.13. The Labute approximate surface area is 104 Å². The van der Waals surface area contributed by atoms with Crippen molar-refractivity contribution in [3.8, 4) is 6.07 Å². The van der Waals surface area contributed by atoms with Crippen LogP contribution in [0.25, 0.3) is 0 Å². The molecule has 1 fully saturated rings. The van der Waals surface area contributed by atoms with E-state index in [1.54, 1.807) is 18.7 Å². The van der Waals surface area contributed by atoms with Gasteiger partial charge in [0.1, 0.15) is 12.3 Å². The highest BCUT2D eigenvalue weighted by atomic mass is 16.5. The second kappa shape index (κ2) is 4.63. The fraction of sp³-hybridized carbons (Fsp3) is 0.417. The first-order valence-electron chi connectivity index (χ1n) is 5.90. The normalized spacial score (nSPS) is 20.1. The number of hydrogen-bond acceptors (Lipinski definition) is 5. The van der Waals surface area contributed by atoms with Gasteiger partial charge >= 0.3 is 0 Å². The molecular formula is C12H13N5O. The Morgan fingerprint density at radius 1 is 1.50 bits per heavy atom. The summed E-state index contributed by atoms with van der Waals surface area (Å²) < 4.78 is 6.72. The molecule has 6 nitrogen and oxygen atoms in total. The van der Waals surface area contributed by atoms with E-state index in [0.717, 1.165) is 31.6 Å². The number of likely N-dealkylation sites (tertiary alicyclic amines) is 1. The molecule has 1 aliphatic rings. The molecule has 0 saturated carbocycles. The fourth-order valence-corrected chi connectivity index (χ4v) is 2.33. The first-order valence-corrected chi connectivity index (χ1v) is 5.90. The van der Waals surface area contributed by atoms with Gasteiger partial charge in [0.15, 0.2) is 0 Å². The van der Waals surface area contributed by atoms with E-state index in [9.17, 15) is 0 Å². The van der Waals surface area contributed by atoms with Crippen molar-refractivity contribution < 1.29 is 4.52 Å². The summed E-state index contributed by atoms with van der Waals surface area (Å²) in [6.07, 6.45) is 7.90. The maximum absolute atomic E-state index is 8.79. The molecule has 3 heterocycles. The van der Waals surface area contributed by atoms with Crippen LogP contribution in [0.4, 0.5) is 0 Å².